The second-order valence-electron chi connectivity index (χ2n) is 6.21. The highest BCUT2D eigenvalue weighted by atomic mass is 32.1. The highest BCUT2D eigenvalue weighted by Gasteiger charge is 2.28. The Morgan fingerprint density at radius 3 is 2.21 bits per heavy atom. The maximum atomic E-state index is 12.7. The number of halogens is 3. The molecule has 3 aromatic rings. The zero-order valence-corrected chi connectivity index (χ0v) is 15.8. The molecule has 4 nitrogen and oxygen atoms in total. The fraction of sp³-hybridized carbons (Fsp3) is 0.200. The Kier molecular flexibility index (Phi) is 5.42. The van der Waals surface area contributed by atoms with E-state index in [1.54, 1.807) is 38.1 Å². The van der Waals surface area contributed by atoms with Crippen LogP contribution in [0.3, 0.4) is 0 Å². The summed E-state index contributed by atoms with van der Waals surface area (Å²) in [5.41, 5.74) is 2.18. The van der Waals surface area contributed by atoms with Crippen molar-refractivity contribution in [2.75, 3.05) is 6.61 Å². The van der Waals surface area contributed by atoms with E-state index in [4.69, 9.17) is 4.74 Å². The Bertz CT molecular complexity index is 1040. The summed E-state index contributed by atoms with van der Waals surface area (Å²) in [6.45, 7) is 1.87. The van der Waals surface area contributed by atoms with Crippen molar-refractivity contribution < 1.29 is 23.0 Å². The van der Waals surface area contributed by atoms with E-state index in [9.17, 15) is 23.1 Å². The average Bonchev–Trinajstić information content (AvgIpc) is 2.61. The number of benzene rings is 2. The minimum absolute atomic E-state index is 0.0297. The van der Waals surface area contributed by atoms with Crippen molar-refractivity contribution in [2.24, 2.45) is 0 Å². The maximum Gasteiger partial charge on any atom is 0.422 e. The predicted octanol–water partition coefficient (Wildman–Crippen LogP) is 5.10. The number of nitrogens with zero attached hydrogens (tertiary/aromatic N) is 1. The lowest BCUT2D eigenvalue weighted by Gasteiger charge is -2.15. The highest BCUT2D eigenvalue weighted by Crippen LogP contribution is 2.35. The van der Waals surface area contributed by atoms with Crippen LogP contribution in [0.2, 0.25) is 0 Å². The normalized spacial score (nSPS) is 11.5. The first-order valence-corrected chi connectivity index (χ1v) is 9.08. The van der Waals surface area contributed by atoms with Crippen molar-refractivity contribution in [1.82, 2.24) is 4.98 Å². The van der Waals surface area contributed by atoms with Crippen molar-refractivity contribution >= 4 is 11.3 Å². The molecule has 0 spiro atoms. The number of hydrogen-bond donors (Lipinski definition) is 1. The van der Waals surface area contributed by atoms with Gasteiger partial charge in [-0.1, -0.05) is 41.7 Å². The molecule has 1 N–H and O–H groups in total. The molecule has 0 radical (unpaired) electrons. The van der Waals surface area contributed by atoms with Crippen molar-refractivity contribution in [3.63, 3.8) is 0 Å². The molecule has 0 aliphatic rings. The lowest BCUT2D eigenvalue weighted by atomic mass is 9.97. The topological polar surface area (TPSA) is 59.4 Å². The average molecular weight is 407 g/mol. The van der Waals surface area contributed by atoms with Gasteiger partial charge in [-0.3, -0.25) is 4.79 Å². The zero-order valence-electron chi connectivity index (χ0n) is 15.0. The standard InChI is InChI=1S/C20H16F3NO3S/c1-11-8-14(27-10-20(21,22)23)9-12(2)15(11)16-17(25)24-18(28-19(16)26)13-6-4-3-5-7-13/h3-9,25H,10H2,1-2H3. The van der Waals surface area contributed by atoms with Gasteiger partial charge in [-0.2, -0.15) is 13.2 Å². The molecule has 8 heteroatoms. The molecular weight excluding hydrogens is 391 g/mol. The number of alkyl halides is 3. The third-order valence-electron chi connectivity index (χ3n) is 4.00. The van der Waals surface area contributed by atoms with Crippen LogP contribution < -0.4 is 9.48 Å². The molecule has 0 saturated carbocycles. The van der Waals surface area contributed by atoms with Gasteiger partial charge in [-0.25, -0.2) is 4.98 Å². The summed E-state index contributed by atoms with van der Waals surface area (Å²) in [5, 5.41) is 10.8. The molecule has 0 aliphatic heterocycles. The van der Waals surface area contributed by atoms with Crippen molar-refractivity contribution in [3.8, 4) is 33.3 Å². The van der Waals surface area contributed by atoms with E-state index >= 15 is 0 Å². The molecule has 1 heterocycles. The molecule has 3 rings (SSSR count). The molecule has 1 aromatic heterocycles. The van der Waals surface area contributed by atoms with E-state index < -0.39 is 18.7 Å². The predicted molar refractivity (Wildman–Crippen MR) is 102 cm³/mol. The van der Waals surface area contributed by atoms with Crippen LogP contribution >= 0.6 is 11.3 Å². The molecule has 0 unspecified atom stereocenters. The Morgan fingerprint density at radius 2 is 1.68 bits per heavy atom. The van der Waals surface area contributed by atoms with Crippen LogP contribution in [0.5, 0.6) is 11.6 Å². The zero-order chi connectivity index (χ0) is 20.5. The van der Waals surface area contributed by atoms with Gasteiger partial charge in [-0.15, -0.1) is 0 Å². The van der Waals surface area contributed by atoms with E-state index in [1.165, 1.54) is 12.1 Å². The molecular formula is C20H16F3NO3S. The minimum atomic E-state index is -4.44. The van der Waals surface area contributed by atoms with E-state index in [2.05, 4.69) is 4.98 Å². The van der Waals surface area contributed by atoms with Crippen LogP contribution in [0.4, 0.5) is 13.2 Å². The molecule has 0 atom stereocenters. The Hall–Kier alpha value is -2.87. The van der Waals surface area contributed by atoms with Crippen LogP contribution in [0.25, 0.3) is 21.7 Å². The molecule has 0 aliphatic carbocycles. The summed E-state index contributed by atoms with van der Waals surface area (Å²) >= 11 is 0.895. The van der Waals surface area contributed by atoms with Crippen LogP contribution in [-0.4, -0.2) is 22.9 Å². The Balaban J connectivity index is 2.03. The molecule has 146 valence electrons. The quantitative estimate of drug-likeness (QED) is 0.654. The summed E-state index contributed by atoms with van der Waals surface area (Å²) in [7, 11) is 0. The Labute approximate surface area is 162 Å². The number of ether oxygens (including phenoxy) is 1. The lowest BCUT2D eigenvalue weighted by Crippen LogP contribution is -2.19. The number of rotatable bonds is 4. The number of hydrogen-bond acceptors (Lipinski definition) is 5. The van der Waals surface area contributed by atoms with E-state index in [0.29, 0.717) is 27.3 Å². The SMILES string of the molecule is Cc1cc(OCC(F)(F)F)cc(C)c1-c1c(O)nc(-c2ccccc2)sc1=O. The van der Waals surface area contributed by atoms with Gasteiger partial charge in [0.2, 0.25) is 10.6 Å². The fourth-order valence-electron chi connectivity index (χ4n) is 2.89. The molecule has 0 saturated heterocycles. The summed E-state index contributed by atoms with van der Waals surface area (Å²) in [4.78, 5) is 16.9. The summed E-state index contributed by atoms with van der Waals surface area (Å²) < 4.78 is 41.5. The summed E-state index contributed by atoms with van der Waals surface area (Å²) in [6, 6.07) is 11.8. The van der Waals surface area contributed by atoms with Crippen LogP contribution in [-0.2, 0) is 0 Å². The number of aryl methyl sites for hydroxylation is 2. The van der Waals surface area contributed by atoms with Gasteiger partial charge in [0.1, 0.15) is 16.3 Å². The molecule has 2 aromatic carbocycles. The molecule has 0 amide bonds. The number of aromatic hydroxyl groups is 1. The van der Waals surface area contributed by atoms with Gasteiger partial charge in [0.25, 0.3) is 0 Å². The van der Waals surface area contributed by atoms with Gasteiger partial charge >= 0.3 is 6.18 Å². The first-order valence-electron chi connectivity index (χ1n) is 8.26. The largest absolute Gasteiger partial charge is 0.493 e. The second kappa shape index (κ2) is 7.63. The summed E-state index contributed by atoms with van der Waals surface area (Å²) in [6.07, 6.45) is -4.44. The second-order valence-corrected chi connectivity index (χ2v) is 7.17. The van der Waals surface area contributed by atoms with Gasteiger partial charge in [0.05, 0.1) is 0 Å². The van der Waals surface area contributed by atoms with Gasteiger partial charge < -0.3 is 9.84 Å². The van der Waals surface area contributed by atoms with Crippen molar-refractivity contribution in [2.45, 2.75) is 20.0 Å². The lowest BCUT2D eigenvalue weighted by molar-refractivity contribution is -0.153. The smallest absolute Gasteiger partial charge is 0.422 e. The molecule has 0 fully saturated rings. The van der Waals surface area contributed by atoms with Crippen LogP contribution in [0, 0.1) is 13.8 Å². The molecule has 0 bridgehead atoms. The van der Waals surface area contributed by atoms with E-state index in [0.717, 1.165) is 11.3 Å². The maximum absolute atomic E-state index is 12.7. The van der Waals surface area contributed by atoms with Crippen molar-refractivity contribution in [3.05, 3.63) is 63.1 Å². The third-order valence-corrected chi connectivity index (χ3v) is 4.91. The third kappa shape index (κ3) is 4.33. The van der Waals surface area contributed by atoms with E-state index in [-0.39, 0.29) is 16.1 Å². The first kappa shape index (κ1) is 19.9. The van der Waals surface area contributed by atoms with Crippen LogP contribution in [0.15, 0.2) is 47.3 Å². The minimum Gasteiger partial charge on any atom is -0.493 e. The van der Waals surface area contributed by atoms with Crippen LogP contribution in [0.1, 0.15) is 11.1 Å². The monoisotopic (exact) mass is 407 g/mol. The van der Waals surface area contributed by atoms with Crippen molar-refractivity contribution in [1.29, 1.82) is 0 Å². The molecule has 28 heavy (non-hydrogen) atoms. The summed E-state index contributed by atoms with van der Waals surface area (Å²) in [5.74, 6) is -0.377. The van der Waals surface area contributed by atoms with Gasteiger partial charge in [0, 0.05) is 5.56 Å². The number of aromatic nitrogens is 1. The van der Waals surface area contributed by atoms with E-state index in [1.807, 2.05) is 6.07 Å². The fourth-order valence-corrected chi connectivity index (χ4v) is 3.75. The first-order chi connectivity index (χ1) is 13.2. The highest BCUT2D eigenvalue weighted by molar-refractivity contribution is 7.12. The van der Waals surface area contributed by atoms with Gasteiger partial charge in [-0.05, 0) is 42.7 Å². The Morgan fingerprint density at radius 1 is 1.07 bits per heavy atom. The van der Waals surface area contributed by atoms with Gasteiger partial charge in [0.15, 0.2) is 6.61 Å².